The van der Waals surface area contributed by atoms with E-state index in [0.29, 0.717) is 25.6 Å². The smallest absolute Gasteiger partial charge is 0.191 e. The molecule has 0 spiro atoms. The van der Waals surface area contributed by atoms with Crippen LogP contribution in [0.25, 0.3) is 5.65 Å². The third-order valence-electron chi connectivity index (χ3n) is 4.09. The minimum atomic E-state index is 0. The van der Waals surface area contributed by atoms with Crippen molar-refractivity contribution in [3.8, 4) is 5.75 Å². The summed E-state index contributed by atoms with van der Waals surface area (Å²) in [5.74, 6) is 2.93. The van der Waals surface area contributed by atoms with Crippen LogP contribution in [0.4, 0.5) is 0 Å². The lowest BCUT2D eigenvalue weighted by atomic mass is 10.2. The molecular formula is C21H29IN6O. The largest absolute Gasteiger partial charge is 0.493 e. The predicted molar refractivity (Wildman–Crippen MR) is 127 cm³/mol. The lowest BCUT2D eigenvalue weighted by Gasteiger charge is -2.13. The average Bonchev–Trinajstić information content (AvgIpc) is 3.12. The van der Waals surface area contributed by atoms with E-state index in [1.807, 2.05) is 53.9 Å². The van der Waals surface area contributed by atoms with Gasteiger partial charge in [-0.25, -0.2) is 4.99 Å². The Hall–Kier alpha value is -2.36. The Labute approximate surface area is 189 Å². The van der Waals surface area contributed by atoms with Crippen molar-refractivity contribution < 1.29 is 4.74 Å². The zero-order chi connectivity index (χ0) is 19.8. The molecule has 0 unspecified atom stereocenters. The molecule has 2 N–H and O–H groups in total. The zero-order valence-corrected chi connectivity index (χ0v) is 19.5. The van der Waals surface area contributed by atoms with E-state index in [9.17, 15) is 0 Å². The average molecular weight is 508 g/mol. The minimum Gasteiger partial charge on any atom is -0.493 e. The summed E-state index contributed by atoms with van der Waals surface area (Å²) in [6, 6.07) is 13.9. The van der Waals surface area contributed by atoms with Gasteiger partial charge < -0.3 is 15.4 Å². The number of pyridine rings is 1. The van der Waals surface area contributed by atoms with Gasteiger partial charge >= 0.3 is 0 Å². The second-order valence-corrected chi connectivity index (χ2v) is 6.91. The van der Waals surface area contributed by atoms with Gasteiger partial charge in [0, 0.05) is 18.3 Å². The van der Waals surface area contributed by atoms with E-state index in [4.69, 9.17) is 9.73 Å². The predicted octanol–water partition coefficient (Wildman–Crippen LogP) is 3.64. The number of ether oxygens (including phenoxy) is 1. The molecule has 8 heteroatoms. The number of rotatable bonds is 8. The number of aliphatic imine (C=N–C) groups is 1. The second-order valence-electron chi connectivity index (χ2n) is 6.91. The topological polar surface area (TPSA) is 75.8 Å². The molecule has 0 aliphatic carbocycles. The maximum atomic E-state index is 5.93. The summed E-state index contributed by atoms with van der Waals surface area (Å²) >= 11 is 0. The van der Waals surface area contributed by atoms with Crippen LogP contribution in [0, 0.1) is 5.92 Å². The third-order valence-corrected chi connectivity index (χ3v) is 4.09. The highest BCUT2D eigenvalue weighted by Crippen LogP contribution is 2.19. The van der Waals surface area contributed by atoms with Crippen molar-refractivity contribution in [2.45, 2.75) is 33.9 Å². The number of fused-ring (bicyclic) bond motifs is 1. The number of guanidine groups is 1. The molecule has 0 bridgehead atoms. The van der Waals surface area contributed by atoms with Crippen LogP contribution in [-0.2, 0) is 13.1 Å². The SMILES string of the molecule is CCNC(=NCc1ccccc1OCC(C)C)NCc1nnc2ccccn12.I. The van der Waals surface area contributed by atoms with Crippen molar-refractivity contribution in [1.29, 1.82) is 0 Å². The molecule has 3 rings (SSSR count). The minimum absolute atomic E-state index is 0. The number of nitrogens with one attached hydrogen (secondary N) is 2. The molecular weight excluding hydrogens is 479 g/mol. The number of hydrogen-bond donors (Lipinski definition) is 2. The van der Waals surface area contributed by atoms with Gasteiger partial charge in [0.05, 0.1) is 19.7 Å². The van der Waals surface area contributed by atoms with Crippen LogP contribution in [0.5, 0.6) is 5.75 Å². The highest BCUT2D eigenvalue weighted by atomic mass is 127. The summed E-state index contributed by atoms with van der Waals surface area (Å²) in [4.78, 5) is 4.71. The van der Waals surface area contributed by atoms with E-state index >= 15 is 0 Å². The number of halogens is 1. The van der Waals surface area contributed by atoms with E-state index in [1.165, 1.54) is 0 Å². The van der Waals surface area contributed by atoms with Gasteiger partial charge in [-0.15, -0.1) is 34.2 Å². The standard InChI is InChI=1S/C21H28N6O.HI/c1-4-22-21(24-14-20-26-25-19-11-7-8-12-27(19)20)23-13-17-9-5-6-10-18(17)28-15-16(2)3;/h5-12,16H,4,13-15H2,1-3H3,(H2,22,23,24);1H. The van der Waals surface area contributed by atoms with Crippen molar-refractivity contribution in [3.05, 3.63) is 60.0 Å². The van der Waals surface area contributed by atoms with E-state index in [1.54, 1.807) is 0 Å². The van der Waals surface area contributed by atoms with Gasteiger partial charge in [0.1, 0.15) is 5.75 Å². The number of benzene rings is 1. The van der Waals surface area contributed by atoms with Crippen molar-refractivity contribution in [2.75, 3.05) is 13.2 Å². The van der Waals surface area contributed by atoms with Crippen molar-refractivity contribution in [1.82, 2.24) is 25.2 Å². The molecule has 1 aromatic carbocycles. The first-order valence-electron chi connectivity index (χ1n) is 9.69. The molecule has 0 amide bonds. The van der Waals surface area contributed by atoms with Gasteiger partial charge in [-0.3, -0.25) is 4.40 Å². The summed E-state index contributed by atoms with van der Waals surface area (Å²) in [7, 11) is 0. The van der Waals surface area contributed by atoms with E-state index in [2.05, 4.69) is 40.7 Å². The van der Waals surface area contributed by atoms with Crippen LogP contribution in [0.3, 0.4) is 0 Å². The Balaban J connectivity index is 0.00000300. The summed E-state index contributed by atoms with van der Waals surface area (Å²) in [6.07, 6.45) is 1.96. The molecule has 2 heterocycles. The molecule has 2 aromatic heterocycles. The first kappa shape index (κ1) is 22.9. The van der Waals surface area contributed by atoms with Gasteiger partial charge in [-0.2, -0.15) is 0 Å². The van der Waals surface area contributed by atoms with Gasteiger partial charge in [-0.05, 0) is 31.0 Å². The summed E-state index contributed by atoms with van der Waals surface area (Å²) < 4.78 is 7.89. The van der Waals surface area contributed by atoms with Crippen LogP contribution in [-0.4, -0.2) is 33.7 Å². The van der Waals surface area contributed by atoms with Crippen LogP contribution in [0.1, 0.15) is 32.2 Å². The molecule has 0 fully saturated rings. The zero-order valence-electron chi connectivity index (χ0n) is 17.1. The lowest BCUT2D eigenvalue weighted by molar-refractivity contribution is 0.268. The molecule has 3 aromatic rings. The molecule has 0 saturated heterocycles. The Morgan fingerprint density at radius 3 is 2.69 bits per heavy atom. The number of hydrogen-bond acceptors (Lipinski definition) is 4. The Kier molecular flexibility index (Phi) is 9.17. The van der Waals surface area contributed by atoms with E-state index in [0.717, 1.165) is 35.3 Å². The maximum Gasteiger partial charge on any atom is 0.191 e. The van der Waals surface area contributed by atoms with E-state index < -0.39 is 0 Å². The summed E-state index contributed by atoms with van der Waals surface area (Å²) in [6.45, 7) is 8.86. The van der Waals surface area contributed by atoms with Gasteiger partial charge in [-0.1, -0.05) is 38.1 Å². The van der Waals surface area contributed by atoms with Crippen LogP contribution >= 0.6 is 24.0 Å². The van der Waals surface area contributed by atoms with E-state index in [-0.39, 0.29) is 24.0 Å². The number of aromatic nitrogens is 3. The monoisotopic (exact) mass is 508 g/mol. The first-order valence-corrected chi connectivity index (χ1v) is 9.69. The Morgan fingerprint density at radius 2 is 1.90 bits per heavy atom. The lowest BCUT2D eigenvalue weighted by Crippen LogP contribution is -2.37. The highest BCUT2D eigenvalue weighted by Gasteiger charge is 2.07. The van der Waals surface area contributed by atoms with Crippen molar-refractivity contribution in [3.63, 3.8) is 0 Å². The molecule has 29 heavy (non-hydrogen) atoms. The van der Waals surface area contributed by atoms with Crippen LogP contribution < -0.4 is 15.4 Å². The van der Waals surface area contributed by atoms with Gasteiger partial charge in [0.25, 0.3) is 0 Å². The Morgan fingerprint density at radius 1 is 1.10 bits per heavy atom. The van der Waals surface area contributed by atoms with Crippen molar-refractivity contribution in [2.24, 2.45) is 10.9 Å². The fraction of sp³-hybridized carbons (Fsp3) is 0.381. The highest BCUT2D eigenvalue weighted by molar-refractivity contribution is 14.0. The molecule has 0 atom stereocenters. The van der Waals surface area contributed by atoms with Crippen molar-refractivity contribution >= 4 is 35.6 Å². The summed E-state index contributed by atoms with van der Waals surface area (Å²) in [5, 5.41) is 15.0. The fourth-order valence-corrected chi connectivity index (χ4v) is 2.71. The molecule has 156 valence electrons. The number of para-hydroxylation sites is 1. The van der Waals surface area contributed by atoms with Crippen LogP contribution in [0.15, 0.2) is 53.7 Å². The number of nitrogens with zero attached hydrogens (tertiary/aromatic N) is 4. The fourth-order valence-electron chi connectivity index (χ4n) is 2.71. The molecule has 0 radical (unpaired) electrons. The summed E-state index contributed by atoms with van der Waals surface area (Å²) in [5.41, 5.74) is 1.89. The molecule has 0 aliphatic rings. The normalized spacial score (nSPS) is 11.4. The molecule has 7 nitrogen and oxygen atoms in total. The van der Waals surface area contributed by atoms with Crippen LogP contribution in [0.2, 0.25) is 0 Å². The first-order chi connectivity index (χ1) is 13.7. The quantitative estimate of drug-likeness (QED) is 0.276. The molecule has 0 aliphatic heterocycles. The molecule has 0 saturated carbocycles. The second kappa shape index (κ2) is 11.6. The third kappa shape index (κ3) is 6.59. The van der Waals surface area contributed by atoms with Gasteiger partial charge in [0.15, 0.2) is 17.4 Å². The Bertz CT molecular complexity index is 924. The maximum absolute atomic E-state index is 5.93. The van der Waals surface area contributed by atoms with Gasteiger partial charge in [0.2, 0.25) is 0 Å².